The van der Waals surface area contributed by atoms with E-state index >= 15 is 0 Å². The Bertz CT molecular complexity index is 791. The van der Waals surface area contributed by atoms with Gasteiger partial charge in [0.25, 0.3) is 5.69 Å². The van der Waals surface area contributed by atoms with Crippen LogP contribution in [0.1, 0.15) is 12.5 Å². The fraction of sp³-hybridized carbons (Fsp3) is 0.133. The highest BCUT2D eigenvalue weighted by Crippen LogP contribution is 2.28. The van der Waals surface area contributed by atoms with E-state index in [2.05, 4.69) is 10.5 Å². The van der Waals surface area contributed by atoms with E-state index in [1.807, 2.05) is 6.92 Å². The lowest BCUT2D eigenvalue weighted by atomic mass is 10.2. The molecule has 0 unspecified atom stereocenters. The first-order chi connectivity index (χ1) is 11.5. The van der Waals surface area contributed by atoms with Gasteiger partial charge in [-0.3, -0.25) is 25.7 Å². The van der Waals surface area contributed by atoms with Crippen molar-refractivity contribution in [3.8, 4) is 5.75 Å². The predicted octanol–water partition coefficient (Wildman–Crippen LogP) is 3.35. The molecule has 0 aliphatic heterocycles. The smallest absolute Gasteiger partial charge is 0.301 e. The Morgan fingerprint density at radius 2 is 1.96 bits per heavy atom. The molecule has 0 aliphatic carbocycles. The molecule has 124 valence electrons. The molecule has 0 aromatic heterocycles. The largest absolute Gasteiger partial charge is 0.494 e. The lowest BCUT2D eigenvalue weighted by molar-refractivity contribution is -0.393. The summed E-state index contributed by atoms with van der Waals surface area (Å²) in [7, 11) is 0. The minimum atomic E-state index is -0.708. The van der Waals surface area contributed by atoms with Crippen LogP contribution in [-0.2, 0) is 0 Å². The van der Waals surface area contributed by atoms with Crippen molar-refractivity contribution in [2.24, 2.45) is 5.10 Å². The highest BCUT2D eigenvalue weighted by Gasteiger charge is 2.18. The zero-order valence-corrected chi connectivity index (χ0v) is 12.7. The Morgan fingerprint density at radius 3 is 2.62 bits per heavy atom. The molecular weight excluding hydrogens is 316 g/mol. The van der Waals surface area contributed by atoms with Crippen LogP contribution in [0.4, 0.5) is 17.1 Å². The van der Waals surface area contributed by atoms with E-state index in [0.29, 0.717) is 12.4 Å². The molecule has 0 radical (unpaired) electrons. The van der Waals surface area contributed by atoms with Gasteiger partial charge in [0.2, 0.25) is 0 Å². The molecule has 2 aromatic rings. The molecule has 2 rings (SSSR count). The molecule has 0 atom stereocenters. The Labute approximate surface area is 136 Å². The minimum Gasteiger partial charge on any atom is -0.494 e. The van der Waals surface area contributed by atoms with Crippen molar-refractivity contribution in [3.05, 3.63) is 68.3 Å². The highest BCUT2D eigenvalue weighted by atomic mass is 16.6. The van der Waals surface area contributed by atoms with Gasteiger partial charge in [0.05, 0.1) is 28.7 Å². The van der Waals surface area contributed by atoms with Gasteiger partial charge in [0, 0.05) is 6.07 Å². The second-order valence-electron chi connectivity index (χ2n) is 4.59. The van der Waals surface area contributed by atoms with Crippen molar-refractivity contribution >= 4 is 23.3 Å². The summed E-state index contributed by atoms with van der Waals surface area (Å²) >= 11 is 0. The van der Waals surface area contributed by atoms with Gasteiger partial charge in [-0.1, -0.05) is 12.1 Å². The summed E-state index contributed by atoms with van der Waals surface area (Å²) in [6.45, 7) is 2.41. The van der Waals surface area contributed by atoms with Gasteiger partial charge in [-0.05, 0) is 30.7 Å². The quantitative estimate of drug-likeness (QED) is 0.472. The van der Waals surface area contributed by atoms with Gasteiger partial charge in [-0.15, -0.1) is 0 Å². The summed E-state index contributed by atoms with van der Waals surface area (Å²) in [6, 6.07) is 10.4. The number of nitrogens with one attached hydrogen (secondary N) is 1. The van der Waals surface area contributed by atoms with Crippen LogP contribution in [-0.4, -0.2) is 22.7 Å². The number of hydrogen-bond donors (Lipinski definition) is 1. The van der Waals surface area contributed by atoms with E-state index < -0.39 is 15.5 Å². The number of hydrogen-bond acceptors (Lipinski definition) is 7. The normalized spacial score (nSPS) is 10.5. The van der Waals surface area contributed by atoms with Gasteiger partial charge < -0.3 is 4.74 Å². The lowest BCUT2D eigenvalue weighted by Gasteiger charge is -2.04. The molecule has 1 N–H and O–H groups in total. The maximum Gasteiger partial charge on any atom is 0.301 e. The van der Waals surface area contributed by atoms with Crippen LogP contribution in [0.25, 0.3) is 0 Å². The molecule has 24 heavy (non-hydrogen) atoms. The zero-order valence-electron chi connectivity index (χ0n) is 12.7. The number of benzene rings is 2. The van der Waals surface area contributed by atoms with Gasteiger partial charge in [-0.25, -0.2) is 0 Å². The van der Waals surface area contributed by atoms with Gasteiger partial charge in [0.1, 0.15) is 11.4 Å². The van der Waals surface area contributed by atoms with Crippen molar-refractivity contribution in [1.82, 2.24) is 0 Å². The molecule has 0 bridgehead atoms. The van der Waals surface area contributed by atoms with Crippen molar-refractivity contribution in [3.63, 3.8) is 0 Å². The van der Waals surface area contributed by atoms with E-state index in [0.717, 1.165) is 11.6 Å². The van der Waals surface area contributed by atoms with E-state index in [9.17, 15) is 20.2 Å². The molecule has 0 amide bonds. The number of anilines is 1. The third-order valence-corrected chi connectivity index (χ3v) is 2.96. The second-order valence-corrected chi connectivity index (χ2v) is 4.59. The standard InChI is InChI=1S/C15H14N4O5/c1-2-24-13-5-3-4-11(8-13)10-16-17-14-7-6-12(18(20)21)9-15(14)19(22)23/h3-10,17H,2H2,1H3/b16-10-. The van der Waals surface area contributed by atoms with Gasteiger partial charge >= 0.3 is 5.69 Å². The summed E-state index contributed by atoms with van der Waals surface area (Å²) in [5, 5.41) is 25.6. The monoisotopic (exact) mass is 330 g/mol. The van der Waals surface area contributed by atoms with Crippen LogP contribution < -0.4 is 10.2 Å². The van der Waals surface area contributed by atoms with Gasteiger partial charge in [-0.2, -0.15) is 5.10 Å². The number of rotatable bonds is 7. The van der Waals surface area contributed by atoms with Crippen LogP contribution in [0.5, 0.6) is 5.75 Å². The number of nitro groups is 2. The van der Waals surface area contributed by atoms with Crippen LogP contribution in [0, 0.1) is 20.2 Å². The summed E-state index contributed by atoms with van der Waals surface area (Å²) in [6.07, 6.45) is 1.47. The predicted molar refractivity (Wildman–Crippen MR) is 88.6 cm³/mol. The van der Waals surface area contributed by atoms with E-state index in [-0.39, 0.29) is 11.4 Å². The van der Waals surface area contributed by atoms with Crippen molar-refractivity contribution in [1.29, 1.82) is 0 Å². The van der Waals surface area contributed by atoms with Crippen molar-refractivity contribution in [2.75, 3.05) is 12.0 Å². The first kappa shape index (κ1) is 16.9. The third kappa shape index (κ3) is 4.26. The van der Waals surface area contributed by atoms with Crippen LogP contribution in [0.2, 0.25) is 0 Å². The first-order valence-corrected chi connectivity index (χ1v) is 6.96. The van der Waals surface area contributed by atoms with Crippen LogP contribution in [0.15, 0.2) is 47.6 Å². The van der Waals surface area contributed by atoms with E-state index in [1.54, 1.807) is 24.3 Å². The minimum absolute atomic E-state index is 0.0582. The van der Waals surface area contributed by atoms with Crippen LogP contribution >= 0.6 is 0 Å². The molecule has 0 aliphatic rings. The summed E-state index contributed by atoms with van der Waals surface area (Å²) in [5.41, 5.74) is 2.53. The number of non-ortho nitro benzene ring substituents is 1. The summed E-state index contributed by atoms with van der Waals surface area (Å²) in [4.78, 5) is 20.3. The zero-order chi connectivity index (χ0) is 17.5. The number of nitrogens with zero attached hydrogens (tertiary/aromatic N) is 3. The number of hydrazone groups is 1. The molecule has 9 heteroatoms. The number of nitro benzene ring substituents is 2. The summed E-state index contributed by atoms with van der Waals surface area (Å²) in [5.74, 6) is 0.683. The van der Waals surface area contributed by atoms with Crippen molar-refractivity contribution < 1.29 is 14.6 Å². The average molecular weight is 330 g/mol. The fourth-order valence-electron chi connectivity index (χ4n) is 1.91. The highest BCUT2D eigenvalue weighted by molar-refractivity contribution is 5.81. The molecule has 9 nitrogen and oxygen atoms in total. The maximum absolute atomic E-state index is 11.0. The molecule has 2 aromatic carbocycles. The molecule has 0 saturated heterocycles. The SMILES string of the molecule is CCOc1cccc(/C=N\Nc2ccc([N+](=O)[O-])cc2[N+](=O)[O-])c1. The van der Waals surface area contributed by atoms with Crippen molar-refractivity contribution in [2.45, 2.75) is 6.92 Å². The maximum atomic E-state index is 11.0. The Morgan fingerprint density at radius 1 is 1.17 bits per heavy atom. The van der Waals surface area contributed by atoms with Crippen LogP contribution in [0.3, 0.4) is 0 Å². The molecule has 0 saturated carbocycles. The first-order valence-electron chi connectivity index (χ1n) is 6.96. The fourth-order valence-corrected chi connectivity index (χ4v) is 1.91. The third-order valence-electron chi connectivity index (χ3n) is 2.96. The topological polar surface area (TPSA) is 120 Å². The molecule has 0 spiro atoms. The Kier molecular flexibility index (Phi) is 5.40. The Balaban J connectivity index is 2.17. The molecule has 0 fully saturated rings. The van der Waals surface area contributed by atoms with E-state index in [1.165, 1.54) is 18.3 Å². The van der Waals surface area contributed by atoms with E-state index in [4.69, 9.17) is 4.74 Å². The van der Waals surface area contributed by atoms with Gasteiger partial charge in [0.15, 0.2) is 0 Å². The number of ether oxygens (including phenoxy) is 1. The second kappa shape index (κ2) is 7.68. The molecular formula is C15H14N4O5. The average Bonchev–Trinajstić information content (AvgIpc) is 2.55. The molecule has 0 heterocycles. The summed E-state index contributed by atoms with van der Waals surface area (Å²) < 4.78 is 5.36. The lowest BCUT2D eigenvalue weighted by Crippen LogP contribution is -1.99. The Hall–Kier alpha value is -3.49.